The molecule has 0 aliphatic heterocycles. The maximum absolute atomic E-state index is 5.94. The van der Waals surface area contributed by atoms with Gasteiger partial charge in [-0.1, -0.05) is 11.6 Å². The second-order valence-electron chi connectivity index (χ2n) is 2.44. The highest BCUT2D eigenvalue weighted by molar-refractivity contribution is 9.10. The molecule has 0 bridgehead atoms. The fourth-order valence-electron chi connectivity index (χ4n) is 0.870. The minimum atomic E-state index is 0.722. The predicted octanol–water partition coefficient (Wildman–Crippen LogP) is 2.26. The number of pyridine rings is 1. The third-order valence-electron chi connectivity index (χ3n) is 1.50. The summed E-state index contributed by atoms with van der Waals surface area (Å²) in [7, 11) is 1.91. The largest absolute Gasteiger partial charge is 0.319 e. The van der Waals surface area contributed by atoms with E-state index in [-0.39, 0.29) is 0 Å². The van der Waals surface area contributed by atoms with Crippen molar-refractivity contribution in [2.45, 2.75) is 6.42 Å². The summed E-state index contributed by atoms with van der Waals surface area (Å²) in [6, 6.07) is 1.86. The molecular weight excluding hydrogens is 239 g/mol. The average molecular weight is 250 g/mol. The Balaban J connectivity index is 2.72. The first kappa shape index (κ1) is 9.96. The van der Waals surface area contributed by atoms with E-state index in [0.29, 0.717) is 0 Å². The van der Waals surface area contributed by atoms with Gasteiger partial charge in [0.05, 0.1) is 10.7 Å². The second kappa shape index (κ2) is 4.80. The van der Waals surface area contributed by atoms with Gasteiger partial charge in [-0.15, -0.1) is 0 Å². The van der Waals surface area contributed by atoms with Crippen molar-refractivity contribution in [3.63, 3.8) is 0 Å². The van der Waals surface area contributed by atoms with Crippen LogP contribution in [0.5, 0.6) is 0 Å². The van der Waals surface area contributed by atoms with Crippen LogP contribution in [0.2, 0.25) is 5.02 Å². The smallest absolute Gasteiger partial charge is 0.0633 e. The Bertz CT molecular complexity index is 265. The zero-order chi connectivity index (χ0) is 8.97. The van der Waals surface area contributed by atoms with Crippen molar-refractivity contribution < 1.29 is 0 Å². The van der Waals surface area contributed by atoms with Crippen molar-refractivity contribution in [3.05, 3.63) is 27.5 Å². The van der Waals surface area contributed by atoms with Crippen molar-refractivity contribution in [2.24, 2.45) is 0 Å². The highest BCUT2D eigenvalue weighted by atomic mass is 79.9. The van der Waals surface area contributed by atoms with Crippen LogP contribution in [0.25, 0.3) is 0 Å². The predicted molar refractivity (Wildman–Crippen MR) is 54.6 cm³/mol. The van der Waals surface area contributed by atoms with E-state index in [4.69, 9.17) is 11.6 Å². The summed E-state index contributed by atoms with van der Waals surface area (Å²) in [5.41, 5.74) is 0.939. The van der Waals surface area contributed by atoms with E-state index in [0.717, 1.165) is 28.2 Å². The first-order valence-corrected chi connectivity index (χ1v) is 4.85. The molecule has 66 valence electrons. The number of aromatic nitrogens is 1. The number of nitrogens with zero attached hydrogens (tertiary/aromatic N) is 1. The summed E-state index contributed by atoms with van der Waals surface area (Å²) in [5.74, 6) is 0. The first-order chi connectivity index (χ1) is 5.74. The number of likely N-dealkylation sites (N-methyl/N-ethyl adjacent to an activating group) is 1. The number of halogens is 2. The lowest BCUT2D eigenvalue weighted by Gasteiger charge is -2.02. The standard InChI is InChI=1S/C8H10BrClN2/c1-11-3-2-8-7(10)4-6(9)5-12-8/h4-5,11H,2-3H2,1H3. The van der Waals surface area contributed by atoms with Crippen LogP contribution in [0.4, 0.5) is 0 Å². The zero-order valence-electron chi connectivity index (χ0n) is 6.77. The van der Waals surface area contributed by atoms with Crippen LogP contribution in [0, 0.1) is 0 Å². The molecule has 0 amide bonds. The van der Waals surface area contributed by atoms with Gasteiger partial charge in [-0.25, -0.2) is 0 Å². The molecule has 0 radical (unpaired) electrons. The third kappa shape index (κ3) is 2.73. The van der Waals surface area contributed by atoms with Crippen LogP contribution in [0.3, 0.4) is 0 Å². The topological polar surface area (TPSA) is 24.9 Å². The summed E-state index contributed by atoms with van der Waals surface area (Å²) in [4.78, 5) is 4.20. The molecule has 0 spiro atoms. The van der Waals surface area contributed by atoms with Gasteiger partial charge in [0.2, 0.25) is 0 Å². The van der Waals surface area contributed by atoms with E-state index in [1.54, 1.807) is 6.20 Å². The van der Waals surface area contributed by atoms with Crippen molar-refractivity contribution >= 4 is 27.5 Å². The van der Waals surface area contributed by atoms with Crippen LogP contribution in [0.1, 0.15) is 5.69 Å². The molecule has 0 aliphatic rings. The van der Waals surface area contributed by atoms with Gasteiger partial charge in [-0.3, -0.25) is 4.98 Å². The van der Waals surface area contributed by atoms with Gasteiger partial charge in [0.15, 0.2) is 0 Å². The molecule has 0 aromatic carbocycles. The summed E-state index contributed by atoms with van der Waals surface area (Å²) >= 11 is 9.25. The van der Waals surface area contributed by atoms with E-state index < -0.39 is 0 Å². The Kier molecular flexibility index (Phi) is 3.98. The van der Waals surface area contributed by atoms with Crippen LogP contribution in [0.15, 0.2) is 16.7 Å². The molecule has 1 N–H and O–H groups in total. The van der Waals surface area contributed by atoms with Crippen LogP contribution in [-0.2, 0) is 6.42 Å². The normalized spacial score (nSPS) is 10.2. The molecular formula is C8H10BrClN2. The summed E-state index contributed by atoms with van der Waals surface area (Å²) in [6.07, 6.45) is 2.62. The van der Waals surface area contributed by atoms with Gasteiger partial charge in [0, 0.05) is 23.6 Å². The van der Waals surface area contributed by atoms with Crippen molar-refractivity contribution in [3.8, 4) is 0 Å². The Morgan fingerprint density at radius 1 is 1.67 bits per heavy atom. The minimum absolute atomic E-state index is 0.722. The zero-order valence-corrected chi connectivity index (χ0v) is 9.11. The molecule has 2 nitrogen and oxygen atoms in total. The average Bonchev–Trinajstić information content (AvgIpc) is 2.03. The molecule has 0 aliphatic carbocycles. The highest BCUT2D eigenvalue weighted by Gasteiger charge is 2.00. The van der Waals surface area contributed by atoms with Gasteiger partial charge >= 0.3 is 0 Å². The summed E-state index contributed by atoms with van der Waals surface area (Å²) in [5, 5.41) is 3.77. The SMILES string of the molecule is CNCCc1ncc(Br)cc1Cl. The summed E-state index contributed by atoms with van der Waals surface area (Å²) < 4.78 is 0.917. The Hall–Kier alpha value is -0.120. The van der Waals surface area contributed by atoms with Gasteiger partial charge in [0.1, 0.15) is 0 Å². The quantitative estimate of drug-likeness (QED) is 0.889. The molecule has 4 heteroatoms. The van der Waals surface area contributed by atoms with E-state index in [9.17, 15) is 0 Å². The monoisotopic (exact) mass is 248 g/mol. The molecule has 0 saturated heterocycles. The van der Waals surface area contributed by atoms with Crippen molar-refractivity contribution in [2.75, 3.05) is 13.6 Å². The molecule has 1 aromatic heterocycles. The van der Waals surface area contributed by atoms with Gasteiger partial charge < -0.3 is 5.32 Å². The molecule has 0 atom stereocenters. The van der Waals surface area contributed by atoms with Crippen LogP contribution >= 0.6 is 27.5 Å². The Labute approximate surface area is 85.5 Å². The molecule has 0 fully saturated rings. The Morgan fingerprint density at radius 3 is 3.00 bits per heavy atom. The fourth-order valence-corrected chi connectivity index (χ4v) is 1.59. The minimum Gasteiger partial charge on any atom is -0.319 e. The van der Waals surface area contributed by atoms with E-state index in [2.05, 4.69) is 26.2 Å². The highest BCUT2D eigenvalue weighted by Crippen LogP contribution is 2.18. The van der Waals surface area contributed by atoms with E-state index in [1.807, 2.05) is 13.1 Å². The molecule has 0 unspecified atom stereocenters. The van der Waals surface area contributed by atoms with Crippen LogP contribution in [-0.4, -0.2) is 18.6 Å². The number of hydrogen-bond donors (Lipinski definition) is 1. The number of rotatable bonds is 3. The Morgan fingerprint density at radius 2 is 2.42 bits per heavy atom. The lowest BCUT2D eigenvalue weighted by molar-refractivity contribution is 0.776. The molecule has 0 saturated carbocycles. The lowest BCUT2D eigenvalue weighted by Crippen LogP contribution is -2.11. The molecule has 1 heterocycles. The van der Waals surface area contributed by atoms with E-state index >= 15 is 0 Å². The van der Waals surface area contributed by atoms with Gasteiger partial charge in [0.25, 0.3) is 0 Å². The second-order valence-corrected chi connectivity index (χ2v) is 3.76. The van der Waals surface area contributed by atoms with E-state index in [1.165, 1.54) is 0 Å². The summed E-state index contributed by atoms with van der Waals surface area (Å²) in [6.45, 7) is 0.897. The molecule has 12 heavy (non-hydrogen) atoms. The molecule has 1 rings (SSSR count). The van der Waals surface area contributed by atoms with Gasteiger partial charge in [-0.05, 0) is 29.0 Å². The maximum atomic E-state index is 5.94. The number of nitrogens with one attached hydrogen (secondary N) is 1. The van der Waals surface area contributed by atoms with Gasteiger partial charge in [-0.2, -0.15) is 0 Å². The maximum Gasteiger partial charge on any atom is 0.0633 e. The fraction of sp³-hybridized carbons (Fsp3) is 0.375. The third-order valence-corrected chi connectivity index (χ3v) is 2.26. The first-order valence-electron chi connectivity index (χ1n) is 3.68. The van der Waals surface area contributed by atoms with Crippen LogP contribution < -0.4 is 5.32 Å². The number of hydrogen-bond acceptors (Lipinski definition) is 2. The molecule has 1 aromatic rings. The van der Waals surface area contributed by atoms with Crippen molar-refractivity contribution in [1.82, 2.24) is 10.3 Å². The lowest BCUT2D eigenvalue weighted by atomic mass is 10.3. The van der Waals surface area contributed by atoms with Crippen molar-refractivity contribution in [1.29, 1.82) is 0 Å².